The Morgan fingerprint density at radius 1 is 1.07 bits per heavy atom. The highest BCUT2D eigenvalue weighted by atomic mass is 19.1. The van der Waals surface area contributed by atoms with Crippen LogP contribution in [-0.2, 0) is 0 Å². The molecule has 0 aliphatic heterocycles. The van der Waals surface area contributed by atoms with Crippen LogP contribution >= 0.6 is 0 Å². The minimum atomic E-state index is -0.538. The maximum absolute atomic E-state index is 13.0. The molecule has 0 bridgehead atoms. The molecule has 0 nitrogen and oxygen atoms in total. The minimum Gasteiger partial charge on any atom is -0.247 e. The lowest BCUT2D eigenvalue weighted by atomic mass is 9.77. The first kappa shape index (κ1) is 10.7. The molecule has 0 N–H and O–H groups in total. The third kappa shape index (κ3) is 2.58. The van der Waals surface area contributed by atoms with Crippen molar-refractivity contribution in [3.63, 3.8) is 0 Å². The van der Waals surface area contributed by atoms with Gasteiger partial charge in [0.1, 0.15) is 6.17 Å². The predicted octanol–water partition coefficient (Wildman–Crippen LogP) is 4.32. The van der Waals surface area contributed by atoms with Gasteiger partial charge in [0.05, 0.1) is 0 Å². The number of halogens is 1. The second kappa shape index (κ2) is 4.78. The summed E-state index contributed by atoms with van der Waals surface area (Å²) in [7, 11) is 0. The molecule has 1 saturated carbocycles. The number of alkyl halides is 1. The maximum atomic E-state index is 13.0. The van der Waals surface area contributed by atoms with Crippen LogP contribution in [0, 0.1) is 5.92 Å². The van der Waals surface area contributed by atoms with Gasteiger partial charge in [-0.2, -0.15) is 0 Å². The van der Waals surface area contributed by atoms with Gasteiger partial charge in [-0.25, -0.2) is 4.39 Å². The lowest BCUT2D eigenvalue weighted by Gasteiger charge is -2.29. The molecule has 0 amide bonds. The molecular formula is C14H19F. The Labute approximate surface area is 91.5 Å². The predicted molar refractivity (Wildman–Crippen MR) is 61.7 cm³/mol. The van der Waals surface area contributed by atoms with E-state index in [1.165, 1.54) is 5.56 Å². The molecule has 1 aliphatic rings. The van der Waals surface area contributed by atoms with Crippen LogP contribution in [0.25, 0.3) is 0 Å². The lowest BCUT2D eigenvalue weighted by Crippen LogP contribution is -2.19. The van der Waals surface area contributed by atoms with Crippen molar-refractivity contribution in [2.75, 3.05) is 0 Å². The molecule has 2 rings (SSSR count). The first-order chi connectivity index (χ1) is 7.27. The van der Waals surface area contributed by atoms with Gasteiger partial charge < -0.3 is 0 Å². The number of hydrogen-bond acceptors (Lipinski definition) is 0. The van der Waals surface area contributed by atoms with Crippen LogP contribution in [0.15, 0.2) is 30.3 Å². The van der Waals surface area contributed by atoms with Gasteiger partial charge in [-0.1, -0.05) is 37.3 Å². The summed E-state index contributed by atoms with van der Waals surface area (Å²) in [5.41, 5.74) is 1.40. The highest BCUT2D eigenvalue weighted by molar-refractivity contribution is 5.19. The zero-order valence-corrected chi connectivity index (χ0v) is 9.33. The smallest absolute Gasteiger partial charge is 0.100 e. The van der Waals surface area contributed by atoms with Gasteiger partial charge >= 0.3 is 0 Å². The molecule has 1 aliphatic carbocycles. The highest BCUT2D eigenvalue weighted by Gasteiger charge is 2.25. The van der Waals surface area contributed by atoms with Gasteiger partial charge in [0.15, 0.2) is 0 Å². The standard InChI is InChI=1S/C14H19F/c1-11(12-5-3-2-4-6-12)13-7-9-14(15)10-8-13/h2-6,11,13-14H,7-10H2,1H3. The van der Waals surface area contributed by atoms with Gasteiger partial charge in [0.25, 0.3) is 0 Å². The summed E-state index contributed by atoms with van der Waals surface area (Å²) in [6.07, 6.45) is 3.10. The summed E-state index contributed by atoms with van der Waals surface area (Å²) in [5, 5.41) is 0. The summed E-state index contributed by atoms with van der Waals surface area (Å²) >= 11 is 0. The molecule has 1 atom stereocenters. The second-order valence-corrected chi connectivity index (χ2v) is 4.71. The Hall–Kier alpha value is -0.850. The zero-order valence-electron chi connectivity index (χ0n) is 9.33. The van der Waals surface area contributed by atoms with Gasteiger partial charge in [0.2, 0.25) is 0 Å². The van der Waals surface area contributed by atoms with Crippen LogP contribution < -0.4 is 0 Å². The van der Waals surface area contributed by atoms with Crippen LogP contribution in [0.3, 0.4) is 0 Å². The molecule has 15 heavy (non-hydrogen) atoms. The van der Waals surface area contributed by atoms with E-state index in [1.807, 2.05) is 0 Å². The second-order valence-electron chi connectivity index (χ2n) is 4.71. The van der Waals surface area contributed by atoms with Crippen LogP contribution in [0.2, 0.25) is 0 Å². The zero-order chi connectivity index (χ0) is 10.7. The number of benzene rings is 1. The Morgan fingerprint density at radius 3 is 2.27 bits per heavy atom. The molecule has 1 unspecified atom stereocenters. The summed E-state index contributed by atoms with van der Waals surface area (Å²) in [4.78, 5) is 0. The van der Waals surface area contributed by atoms with E-state index in [2.05, 4.69) is 37.3 Å². The van der Waals surface area contributed by atoms with Gasteiger partial charge in [-0.05, 0) is 43.1 Å². The van der Waals surface area contributed by atoms with Crippen molar-refractivity contribution in [1.82, 2.24) is 0 Å². The average molecular weight is 206 g/mol. The van der Waals surface area contributed by atoms with Gasteiger partial charge in [-0.15, -0.1) is 0 Å². The van der Waals surface area contributed by atoms with E-state index in [0.717, 1.165) is 25.7 Å². The summed E-state index contributed by atoms with van der Waals surface area (Å²) in [6.45, 7) is 2.28. The molecule has 82 valence electrons. The van der Waals surface area contributed by atoms with Gasteiger partial charge in [-0.3, -0.25) is 0 Å². The van der Waals surface area contributed by atoms with Crippen molar-refractivity contribution in [1.29, 1.82) is 0 Å². The van der Waals surface area contributed by atoms with Crippen LogP contribution in [0.1, 0.15) is 44.1 Å². The van der Waals surface area contributed by atoms with Crippen molar-refractivity contribution in [2.24, 2.45) is 5.92 Å². The van der Waals surface area contributed by atoms with E-state index in [4.69, 9.17) is 0 Å². The van der Waals surface area contributed by atoms with E-state index in [0.29, 0.717) is 11.8 Å². The summed E-state index contributed by atoms with van der Waals surface area (Å²) in [6, 6.07) is 10.6. The van der Waals surface area contributed by atoms with Crippen molar-refractivity contribution in [2.45, 2.75) is 44.7 Å². The Bertz CT molecular complexity index is 285. The van der Waals surface area contributed by atoms with Crippen molar-refractivity contribution in [3.8, 4) is 0 Å². The van der Waals surface area contributed by atoms with Crippen molar-refractivity contribution >= 4 is 0 Å². The van der Waals surface area contributed by atoms with Crippen LogP contribution in [0.5, 0.6) is 0 Å². The Morgan fingerprint density at radius 2 is 1.67 bits per heavy atom. The monoisotopic (exact) mass is 206 g/mol. The lowest BCUT2D eigenvalue weighted by molar-refractivity contribution is 0.193. The average Bonchev–Trinajstić information content (AvgIpc) is 2.30. The molecule has 1 aromatic carbocycles. The van der Waals surface area contributed by atoms with E-state index >= 15 is 0 Å². The summed E-state index contributed by atoms with van der Waals surface area (Å²) < 4.78 is 13.0. The van der Waals surface area contributed by atoms with E-state index in [-0.39, 0.29) is 0 Å². The Kier molecular flexibility index (Phi) is 3.40. The largest absolute Gasteiger partial charge is 0.247 e. The minimum absolute atomic E-state index is 0.538. The molecule has 1 heteroatoms. The van der Waals surface area contributed by atoms with Crippen molar-refractivity contribution in [3.05, 3.63) is 35.9 Å². The fourth-order valence-corrected chi connectivity index (χ4v) is 2.61. The topological polar surface area (TPSA) is 0 Å². The highest BCUT2D eigenvalue weighted by Crippen LogP contribution is 2.36. The normalized spacial score (nSPS) is 28.7. The molecule has 0 spiro atoms. The third-order valence-electron chi connectivity index (χ3n) is 3.73. The molecule has 1 aromatic rings. The van der Waals surface area contributed by atoms with E-state index < -0.39 is 6.17 Å². The molecule has 0 heterocycles. The van der Waals surface area contributed by atoms with Crippen LogP contribution in [0.4, 0.5) is 4.39 Å². The quantitative estimate of drug-likeness (QED) is 0.676. The van der Waals surface area contributed by atoms with Crippen molar-refractivity contribution < 1.29 is 4.39 Å². The van der Waals surface area contributed by atoms with E-state index in [1.54, 1.807) is 0 Å². The molecule has 0 saturated heterocycles. The fourth-order valence-electron chi connectivity index (χ4n) is 2.61. The molecular weight excluding hydrogens is 187 g/mol. The number of rotatable bonds is 2. The maximum Gasteiger partial charge on any atom is 0.100 e. The van der Waals surface area contributed by atoms with Crippen LogP contribution in [-0.4, -0.2) is 6.17 Å². The molecule has 0 radical (unpaired) electrons. The fraction of sp³-hybridized carbons (Fsp3) is 0.571. The molecule has 0 aromatic heterocycles. The van der Waals surface area contributed by atoms with E-state index in [9.17, 15) is 4.39 Å². The first-order valence-corrected chi connectivity index (χ1v) is 5.96. The summed E-state index contributed by atoms with van der Waals surface area (Å²) in [5.74, 6) is 1.26. The first-order valence-electron chi connectivity index (χ1n) is 5.96. The van der Waals surface area contributed by atoms with Gasteiger partial charge in [0, 0.05) is 0 Å². The third-order valence-corrected chi connectivity index (χ3v) is 3.73. The Balaban J connectivity index is 1.99. The molecule has 1 fully saturated rings. The SMILES string of the molecule is CC(c1ccccc1)C1CCC(F)CC1. The number of hydrogen-bond donors (Lipinski definition) is 0.